The highest BCUT2D eigenvalue weighted by atomic mass is 31.3. The summed E-state index contributed by atoms with van der Waals surface area (Å²) < 4.78 is 123. The van der Waals surface area contributed by atoms with Gasteiger partial charge in [-0.15, -0.1) is 0 Å². The number of nitrogens with zero attached hydrogens (tertiary/aromatic N) is 8. The second-order valence-corrected chi connectivity index (χ2v) is 39.9. The molecule has 54 heteroatoms. The van der Waals surface area contributed by atoms with Crippen molar-refractivity contribution in [3.8, 4) is 0 Å². The Hall–Kier alpha value is -6.36. The number of hydrogen-bond acceptors (Lipinski definition) is 42. The van der Waals surface area contributed by atoms with E-state index in [0.29, 0.717) is 12.8 Å². The molecule has 0 radical (unpaired) electrons. The lowest BCUT2D eigenvalue weighted by molar-refractivity contribution is -0.348. The number of unbranched alkanes of at least 4 members (excludes halogenated alkanes) is 6. The van der Waals surface area contributed by atoms with E-state index < -0.39 is 180 Å². The number of rotatable bonds is 54. The first-order chi connectivity index (χ1) is 56.6. The van der Waals surface area contributed by atoms with Crippen LogP contribution < -0.4 is 71.9 Å². The molecule has 686 valence electrons. The number of Topliss-reactive ketones (excluding diaryl/α,β-unsaturated/α-hetero) is 2. The molecule has 0 bridgehead atoms. The van der Waals surface area contributed by atoms with Gasteiger partial charge in [0, 0.05) is 73.5 Å². The van der Waals surface area contributed by atoms with E-state index in [9.17, 15) is 116 Å². The van der Waals surface area contributed by atoms with Crippen LogP contribution in [0.5, 0.6) is 0 Å². The van der Waals surface area contributed by atoms with Gasteiger partial charge in [0.15, 0.2) is 35.4 Å². The minimum absolute atomic E-state index is 0.0176. The van der Waals surface area contributed by atoms with E-state index in [-0.39, 0.29) is 97.4 Å². The Bertz CT molecular complexity index is 4440. The molecule has 1 aromatic carbocycles. The van der Waals surface area contributed by atoms with E-state index >= 15 is 0 Å². The number of nitrogens with two attached hydrogens (primary N) is 2. The number of amides is 4. The zero-order valence-electron chi connectivity index (χ0n) is 67.8. The summed E-state index contributed by atoms with van der Waals surface area (Å²) in [5, 5.41) is 53.3. The Kier molecular flexibility index (Phi) is 37.0. The zero-order valence-corrected chi connectivity index (χ0v) is 73.2. The molecule has 7 rings (SSSR count). The zero-order chi connectivity index (χ0) is 90.8. The number of ether oxygens (including phenoxy) is 2. The predicted octanol–water partition coefficient (Wildman–Crippen LogP) is -1.58. The molecule has 2 fully saturated rings. The number of anilines is 2. The van der Waals surface area contributed by atoms with Gasteiger partial charge in [0.05, 0.1) is 54.7 Å². The summed E-state index contributed by atoms with van der Waals surface area (Å²) in [6.07, 6.45) is -5.54. The van der Waals surface area contributed by atoms with Crippen molar-refractivity contribution < 1.29 is 161 Å². The number of carbonyl (C=O) groups excluding carboxylic acids is 6. The van der Waals surface area contributed by atoms with Crippen LogP contribution in [-0.2, 0) is 114 Å². The first-order valence-electron chi connectivity index (χ1n) is 38.4. The first-order valence-corrected chi connectivity index (χ1v) is 47.2. The summed E-state index contributed by atoms with van der Waals surface area (Å²) in [5.41, 5.74) is 9.09. The molecule has 4 aromatic heterocycles. The summed E-state index contributed by atoms with van der Waals surface area (Å²) in [6, 6.07) is 8.44. The second kappa shape index (κ2) is 43.9. The smallest absolute Gasteiger partial charge is 0.274 e. The Morgan fingerprint density at radius 2 is 0.836 bits per heavy atom. The van der Waals surface area contributed by atoms with Crippen LogP contribution in [-0.4, -0.2) is 196 Å². The number of hydrogen-bond donors (Lipinski definition) is 10. The molecule has 12 N–H and O–H groups in total. The van der Waals surface area contributed by atoms with Crippen LogP contribution in [0.1, 0.15) is 169 Å². The number of aliphatic hydroxyl groups excluding tert-OH is 4. The monoisotopic (exact) mass is 1840 g/mol. The molecule has 14 unspecified atom stereocenters. The van der Waals surface area contributed by atoms with Crippen molar-refractivity contribution in [1.29, 1.82) is 0 Å². The van der Waals surface area contributed by atoms with E-state index in [0.717, 1.165) is 98.7 Å². The molecule has 0 saturated carbocycles. The molecule has 122 heavy (non-hydrogen) atoms. The number of benzene rings is 1. The van der Waals surface area contributed by atoms with Crippen molar-refractivity contribution in [2.75, 3.05) is 64.1 Å². The van der Waals surface area contributed by atoms with Crippen LogP contribution in [0.3, 0.4) is 0 Å². The lowest BCUT2D eigenvalue weighted by Gasteiger charge is -2.36. The van der Waals surface area contributed by atoms with Crippen molar-refractivity contribution >= 4 is 116 Å². The molecule has 2 aliphatic heterocycles. The molecular formula is C68H102N14O34P6-8. The quantitative estimate of drug-likeness (QED) is 0.0155. The predicted molar refractivity (Wildman–Crippen MR) is 408 cm³/mol. The van der Waals surface area contributed by atoms with Crippen molar-refractivity contribution in [3.05, 3.63) is 60.7 Å². The summed E-state index contributed by atoms with van der Waals surface area (Å²) >= 11 is 0. The number of aliphatic hydroxyl groups is 4. The number of nitrogen functional groups attached to an aromatic ring is 2. The number of phosphoric acid groups is 6. The summed E-state index contributed by atoms with van der Waals surface area (Å²) in [7, 11) is -35.6. The van der Waals surface area contributed by atoms with E-state index in [4.69, 9.17) is 20.9 Å². The highest BCUT2D eigenvalue weighted by Gasteiger charge is 2.50. The molecule has 4 amide bonds. The number of carbonyl (C=O) groups is 6. The fraction of sp³-hybridized carbons (Fsp3) is 0.676. The number of fused-ring (bicyclic) bond motifs is 2. The van der Waals surface area contributed by atoms with Crippen molar-refractivity contribution in [3.63, 3.8) is 0 Å². The largest absolute Gasteiger partial charge is 0.790 e. The molecule has 2 aliphatic rings. The lowest BCUT2D eigenvalue weighted by atomic mass is 9.81. The second-order valence-electron chi connectivity index (χ2n) is 31.7. The molecule has 48 nitrogen and oxygen atoms in total. The first kappa shape index (κ1) is 103. The lowest BCUT2D eigenvalue weighted by Crippen LogP contribution is -2.46. The van der Waals surface area contributed by atoms with E-state index in [2.05, 4.69) is 105 Å². The van der Waals surface area contributed by atoms with Crippen LogP contribution in [0.4, 0.5) is 11.6 Å². The van der Waals surface area contributed by atoms with Gasteiger partial charge in [0.2, 0.25) is 23.6 Å². The Labute approximate surface area is 700 Å². The fourth-order valence-corrected chi connectivity index (χ4v) is 18.3. The average Bonchev–Trinajstić information content (AvgIpc) is 1.64. The van der Waals surface area contributed by atoms with Crippen LogP contribution in [0.2, 0.25) is 0 Å². The Morgan fingerprint density at radius 1 is 0.492 bits per heavy atom. The fourth-order valence-electron chi connectivity index (χ4n) is 12.9. The minimum atomic E-state index is -5.98. The maximum atomic E-state index is 13.2. The van der Waals surface area contributed by atoms with E-state index in [1.165, 1.54) is 38.8 Å². The number of phosphoric ester groups is 6. The molecular weight excluding hydrogens is 1740 g/mol. The summed E-state index contributed by atoms with van der Waals surface area (Å²) in [4.78, 5) is 198. The van der Waals surface area contributed by atoms with Crippen LogP contribution in [0.25, 0.3) is 22.3 Å². The topological polar surface area (TPSA) is 750 Å². The molecule has 0 spiro atoms. The minimum Gasteiger partial charge on any atom is -0.790 e. The molecule has 6 heterocycles. The van der Waals surface area contributed by atoms with Gasteiger partial charge in [-0.25, -0.2) is 38.5 Å². The third kappa shape index (κ3) is 31.6. The van der Waals surface area contributed by atoms with E-state index in [1.807, 2.05) is 33.8 Å². The van der Waals surface area contributed by atoms with Gasteiger partial charge in [-0.1, -0.05) is 118 Å². The highest BCUT2D eigenvalue weighted by Crippen LogP contribution is 2.58. The van der Waals surface area contributed by atoms with Crippen molar-refractivity contribution in [1.82, 2.24) is 60.3 Å². The van der Waals surface area contributed by atoms with Gasteiger partial charge in [-0.05, 0) is 49.7 Å². The number of nitrogens with one attached hydrogen (secondary N) is 4. The van der Waals surface area contributed by atoms with Gasteiger partial charge >= 0.3 is 0 Å². The summed E-state index contributed by atoms with van der Waals surface area (Å²) in [5.74, 6) is -3.50. The van der Waals surface area contributed by atoms with Crippen molar-refractivity contribution in [2.24, 2.45) is 21.7 Å². The normalized spacial score (nSPS) is 21.3. The maximum Gasteiger partial charge on any atom is 0.274 e. The average molecular weight is 1850 g/mol. The van der Waals surface area contributed by atoms with Crippen molar-refractivity contribution in [2.45, 2.75) is 219 Å². The molecule has 0 aliphatic carbocycles. The third-order valence-corrected chi connectivity index (χ3v) is 26.0. The highest BCUT2D eigenvalue weighted by molar-refractivity contribution is 7.60. The van der Waals surface area contributed by atoms with Crippen LogP contribution in [0, 0.1) is 21.7 Å². The Balaban J connectivity index is 0.682. The standard InChI is InChI=1S/C68H110N14O34P6/c1-65(2,45(83)22-28-71-47(85)24-30-73-61(91)55(89)67(5,6)35-109-121(103,104)115-119(99,100)107-33-43-53(113-117(93,94)95)51(87)63(111-43)81-39-79-49-57(69)75-37-77-59(49)81)26-15-11-9-13-18-41-20-17-21-42(32-41)19-14-10-12-16-27-66(3,4)46(84)23-29-72-48(86)25-31-74-62(92)56(90)68(7,8)36-110-122(105,106)116-120(101,102)108-34-44-54(114-118(96,97)98)52(88)64(112-44)82-40-80-50-58(70)76-38-78-60(50)82/h17,20-21,32,37-40,43-44,51-56,63-64,87-90H,9-16,18-19,22-31,33-36H2,1-8H3,(H,71,85)(H,72,86)(H,73,91)(H,74,92)(H,99,100)(H,101,102)(H,103,104)(H,105,106)(H2,69,75,77)(H2,70,76,78)(H2,93,94,95)(H2,96,97,98)/p-8. The number of aromatic nitrogens is 8. The Morgan fingerprint density at radius 3 is 1.20 bits per heavy atom. The number of imidazole rings is 2. The van der Waals surface area contributed by atoms with Gasteiger partial charge in [0.1, 0.15) is 84.1 Å². The van der Waals surface area contributed by atoms with Crippen LogP contribution >= 0.6 is 46.9 Å². The van der Waals surface area contributed by atoms with Gasteiger partial charge in [-0.2, -0.15) is 0 Å². The van der Waals surface area contributed by atoms with Gasteiger partial charge < -0.3 is 138 Å². The number of aryl methyl sites for hydroxylation is 2. The van der Waals surface area contributed by atoms with Gasteiger partial charge in [-0.3, -0.25) is 56.2 Å². The van der Waals surface area contributed by atoms with E-state index in [1.54, 1.807) is 0 Å². The molecule has 14 atom stereocenters. The molecule has 5 aromatic rings. The number of ketones is 2. The van der Waals surface area contributed by atoms with Crippen LogP contribution in [0.15, 0.2) is 49.6 Å². The maximum absolute atomic E-state index is 13.2. The molecule has 2 saturated heterocycles. The summed E-state index contributed by atoms with van der Waals surface area (Å²) in [6.45, 7) is 6.84. The van der Waals surface area contributed by atoms with Gasteiger partial charge in [0.25, 0.3) is 31.3 Å². The third-order valence-electron chi connectivity index (χ3n) is 20.0. The SMILES string of the molecule is CC(C)(CCCCCCc1cccc(CCCCCCC(C)(C)C(=O)CCNC(=O)CCNC(=O)C(O)C(C)(C)COP(=O)([O-])OP(=O)([O-])OCC2OC(n3cnc4c(N)ncnc43)C(O)C2OP(=O)([O-])[O-])c1)C(=O)CCNC(=O)CCNC(=O)C(O)C(C)(C)COP(=O)([O-])OP(=O)([O-])OCC1OC(n2cnc3c(N)ncnc32)C(O)C1OP(=O)([O-])[O-].